The Morgan fingerprint density at radius 2 is 2.17 bits per heavy atom. The second-order valence-corrected chi connectivity index (χ2v) is 4.69. The molecule has 0 radical (unpaired) electrons. The molecule has 18 heavy (non-hydrogen) atoms. The van der Waals surface area contributed by atoms with E-state index in [1.807, 2.05) is 17.9 Å². The molecule has 1 rings (SSSR count). The second kappa shape index (κ2) is 5.68. The van der Waals surface area contributed by atoms with Gasteiger partial charge in [-0.25, -0.2) is 4.98 Å². The molecule has 0 saturated heterocycles. The van der Waals surface area contributed by atoms with E-state index in [-0.39, 0.29) is 5.84 Å². The summed E-state index contributed by atoms with van der Waals surface area (Å²) in [6, 6.07) is 5.27. The molecular formula is C12H20N4O2. The minimum absolute atomic E-state index is 0.0313. The minimum atomic E-state index is -0.815. The van der Waals surface area contributed by atoms with Crippen LogP contribution in [-0.4, -0.2) is 39.8 Å². The van der Waals surface area contributed by atoms with Gasteiger partial charge in [0.2, 0.25) is 0 Å². The van der Waals surface area contributed by atoms with Crippen molar-refractivity contribution in [2.24, 2.45) is 10.9 Å². The summed E-state index contributed by atoms with van der Waals surface area (Å²) in [6.07, 6.45) is 0. The van der Waals surface area contributed by atoms with Gasteiger partial charge in [0.1, 0.15) is 11.5 Å². The van der Waals surface area contributed by atoms with Gasteiger partial charge in [-0.1, -0.05) is 11.2 Å². The SMILES string of the molecule is CCN(CC(C)(C)O)c1cccc(C(N)=NO)n1. The number of rotatable bonds is 5. The van der Waals surface area contributed by atoms with E-state index in [4.69, 9.17) is 10.9 Å². The van der Waals surface area contributed by atoms with E-state index in [1.54, 1.807) is 26.0 Å². The van der Waals surface area contributed by atoms with Gasteiger partial charge in [-0.05, 0) is 32.9 Å². The molecule has 0 unspecified atom stereocenters. The number of anilines is 1. The number of aliphatic hydroxyl groups is 1. The van der Waals surface area contributed by atoms with E-state index < -0.39 is 5.60 Å². The summed E-state index contributed by atoms with van der Waals surface area (Å²) in [5.41, 5.74) is 5.09. The fourth-order valence-electron chi connectivity index (χ4n) is 1.62. The minimum Gasteiger partial charge on any atom is -0.409 e. The number of amidine groups is 1. The standard InChI is InChI=1S/C12H20N4O2/c1-4-16(8-12(2,3)17)10-7-5-6-9(14-10)11(13)15-18/h5-7,17-18H,4,8H2,1-3H3,(H2,13,15). The number of pyridine rings is 1. The van der Waals surface area contributed by atoms with Crippen LogP contribution in [0.15, 0.2) is 23.4 Å². The highest BCUT2D eigenvalue weighted by Crippen LogP contribution is 2.15. The molecule has 100 valence electrons. The molecule has 1 aromatic rings. The molecule has 0 aromatic carbocycles. The predicted octanol–water partition coefficient (Wildman–Crippen LogP) is 0.773. The largest absolute Gasteiger partial charge is 0.409 e. The Balaban J connectivity index is 3.00. The van der Waals surface area contributed by atoms with Crippen molar-refractivity contribution < 1.29 is 10.3 Å². The number of aromatic nitrogens is 1. The van der Waals surface area contributed by atoms with E-state index in [9.17, 15) is 5.11 Å². The van der Waals surface area contributed by atoms with Crippen molar-refractivity contribution in [3.63, 3.8) is 0 Å². The van der Waals surface area contributed by atoms with Crippen LogP contribution in [0.1, 0.15) is 26.5 Å². The Morgan fingerprint density at radius 3 is 2.67 bits per heavy atom. The van der Waals surface area contributed by atoms with Crippen LogP contribution in [0.5, 0.6) is 0 Å². The monoisotopic (exact) mass is 252 g/mol. The summed E-state index contributed by atoms with van der Waals surface area (Å²) in [7, 11) is 0. The number of oxime groups is 1. The summed E-state index contributed by atoms with van der Waals surface area (Å²) in [5, 5.41) is 21.4. The van der Waals surface area contributed by atoms with Crippen LogP contribution >= 0.6 is 0 Å². The second-order valence-electron chi connectivity index (χ2n) is 4.69. The summed E-state index contributed by atoms with van der Waals surface area (Å²) in [4.78, 5) is 6.22. The molecule has 4 N–H and O–H groups in total. The van der Waals surface area contributed by atoms with Crippen LogP contribution in [0.4, 0.5) is 5.82 Å². The average Bonchev–Trinajstić information content (AvgIpc) is 2.34. The van der Waals surface area contributed by atoms with Crippen molar-refractivity contribution in [2.75, 3.05) is 18.0 Å². The van der Waals surface area contributed by atoms with Gasteiger partial charge in [0.25, 0.3) is 0 Å². The number of hydrogen-bond donors (Lipinski definition) is 3. The van der Waals surface area contributed by atoms with Gasteiger partial charge in [0.05, 0.1) is 5.60 Å². The molecule has 1 aromatic heterocycles. The Hall–Kier alpha value is -1.82. The third-order valence-electron chi connectivity index (χ3n) is 2.39. The first-order valence-electron chi connectivity index (χ1n) is 5.79. The molecule has 6 nitrogen and oxygen atoms in total. The summed E-state index contributed by atoms with van der Waals surface area (Å²) < 4.78 is 0. The van der Waals surface area contributed by atoms with Crippen molar-refractivity contribution >= 4 is 11.7 Å². The quantitative estimate of drug-likeness (QED) is 0.311. The van der Waals surface area contributed by atoms with Gasteiger partial charge in [-0.2, -0.15) is 0 Å². The lowest BCUT2D eigenvalue weighted by molar-refractivity contribution is 0.0874. The van der Waals surface area contributed by atoms with E-state index in [0.717, 1.165) is 0 Å². The molecule has 1 heterocycles. The molecule has 0 bridgehead atoms. The van der Waals surface area contributed by atoms with Gasteiger partial charge in [-0.3, -0.25) is 0 Å². The van der Waals surface area contributed by atoms with Crippen molar-refractivity contribution in [3.8, 4) is 0 Å². The van der Waals surface area contributed by atoms with Crippen molar-refractivity contribution in [3.05, 3.63) is 23.9 Å². The smallest absolute Gasteiger partial charge is 0.188 e. The third-order valence-corrected chi connectivity index (χ3v) is 2.39. The average molecular weight is 252 g/mol. The maximum Gasteiger partial charge on any atom is 0.188 e. The molecule has 0 aliphatic carbocycles. The zero-order valence-corrected chi connectivity index (χ0v) is 11.0. The van der Waals surface area contributed by atoms with Gasteiger partial charge < -0.3 is 20.9 Å². The number of likely N-dealkylation sites (N-methyl/N-ethyl adjacent to an activating group) is 1. The molecule has 0 fully saturated rings. The van der Waals surface area contributed by atoms with E-state index in [0.29, 0.717) is 24.6 Å². The lowest BCUT2D eigenvalue weighted by Crippen LogP contribution is -2.39. The normalized spacial score (nSPS) is 12.6. The van der Waals surface area contributed by atoms with E-state index in [2.05, 4.69) is 10.1 Å². The summed E-state index contributed by atoms with van der Waals surface area (Å²) in [5.74, 6) is 0.653. The molecule has 0 spiro atoms. The van der Waals surface area contributed by atoms with Crippen LogP contribution in [-0.2, 0) is 0 Å². The van der Waals surface area contributed by atoms with Gasteiger partial charge in [0, 0.05) is 13.1 Å². The van der Waals surface area contributed by atoms with Gasteiger partial charge in [0.15, 0.2) is 5.84 Å². The third kappa shape index (κ3) is 3.89. The van der Waals surface area contributed by atoms with Crippen molar-refractivity contribution in [1.29, 1.82) is 0 Å². The fraction of sp³-hybridized carbons (Fsp3) is 0.500. The molecule has 0 atom stereocenters. The Labute approximate surface area is 107 Å². The molecule has 0 aliphatic heterocycles. The first kappa shape index (κ1) is 14.2. The van der Waals surface area contributed by atoms with Crippen LogP contribution in [0, 0.1) is 0 Å². The topological polar surface area (TPSA) is 95.0 Å². The van der Waals surface area contributed by atoms with Gasteiger partial charge in [-0.15, -0.1) is 0 Å². The lowest BCUT2D eigenvalue weighted by atomic mass is 10.1. The fourth-order valence-corrected chi connectivity index (χ4v) is 1.62. The van der Waals surface area contributed by atoms with Crippen molar-refractivity contribution in [1.82, 2.24) is 4.98 Å². The highest BCUT2D eigenvalue weighted by molar-refractivity contribution is 5.95. The van der Waals surface area contributed by atoms with E-state index >= 15 is 0 Å². The Bertz CT molecular complexity index is 426. The molecule has 6 heteroatoms. The Kier molecular flexibility index (Phi) is 4.49. The zero-order chi connectivity index (χ0) is 13.8. The number of nitrogens with two attached hydrogens (primary N) is 1. The Morgan fingerprint density at radius 1 is 1.50 bits per heavy atom. The van der Waals surface area contributed by atoms with Crippen LogP contribution in [0.25, 0.3) is 0 Å². The highest BCUT2D eigenvalue weighted by Gasteiger charge is 2.18. The summed E-state index contributed by atoms with van der Waals surface area (Å²) in [6.45, 7) is 6.61. The van der Waals surface area contributed by atoms with E-state index in [1.165, 1.54) is 0 Å². The predicted molar refractivity (Wildman–Crippen MR) is 70.9 cm³/mol. The van der Waals surface area contributed by atoms with Crippen LogP contribution in [0.3, 0.4) is 0 Å². The maximum absolute atomic E-state index is 9.85. The molecule has 0 amide bonds. The summed E-state index contributed by atoms with van der Waals surface area (Å²) >= 11 is 0. The van der Waals surface area contributed by atoms with Gasteiger partial charge >= 0.3 is 0 Å². The lowest BCUT2D eigenvalue weighted by Gasteiger charge is -2.29. The first-order valence-corrected chi connectivity index (χ1v) is 5.79. The van der Waals surface area contributed by atoms with Crippen LogP contribution in [0.2, 0.25) is 0 Å². The maximum atomic E-state index is 9.85. The zero-order valence-electron chi connectivity index (χ0n) is 11.0. The van der Waals surface area contributed by atoms with Crippen LogP contribution < -0.4 is 10.6 Å². The number of nitrogens with zero attached hydrogens (tertiary/aromatic N) is 3. The first-order chi connectivity index (χ1) is 8.37. The number of hydrogen-bond acceptors (Lipinski definition) is 5. The van der Waals surface area contributed by atoms with Crippen molar-refractivity contribution in [2.45, 2.75) is 26.4 Å². The highest BCUT2D eigenvalue weighted by atomic mass is 16.4. The molecular weight excluding hydrogens is 232 g/mol. The molecule has 0 aliphatic rings. The molecule has 0 saturated carbocycles.